The van der Waals surface area contributed by atoms with Gasteiger partial charge in [-0.1, -0.05) is 30.3 Å². The summed E-state index contributed by atoms with van der Waals surface area (Å²) < 4.78 is 11.1. The zero-order valence-corrected chi connectivity index (χ0v) is 15.6. The number of rotatable bonds is 12. The van der Waals surface area contributed by atoms with E-state index in [1.807, 2.05) is 23.1 Å². The van der Waals surface area contributed by atoms with Crippen molar-refractivity contribution in [1.82, 2.24) is 4.90 Å². The molecule has 6 nitrogen and oxygen atoms in total. The van der Waals surface area contributed by atoms with Crippen molar-refractivity contribution in [3.05, 3.63) is 59.7 Å². The molecule has 0 aliphatic carbocycles. The van der Waals surface area contributed by atoms with E-state index in [-0.39, 0.29) is 19.0 Å². The van der Waals surface area contributed by atoms with Gasteiger partial charge in [0.25, 0.3) is 0 Å². The first-order chi connectivity index (χ1) is 13.2. The molecular formula is C21H27NO5. The lowest BCUT2D eigenvalue weighted by atomic mass is 10.0. The molecule has 0 aliphatic rings. The van der Waals surface area contributed by atoms with E-state index in [9.17, 15) is 4.79 Å². The van der Waals surface area contributed by atoms with E-state index in [1.165, 1.54) is 0 Å². The summed E-state index contributed by atoms with van der Waals surface area (Å²) >= 11 is 0. The van der Waals surface area contributed by atoms with E-state index >= 15 is 0 Å². The van der Waals surface area contributed by atoms with E-state index in [4.69, 9.17) is 19.7 Å². The van der Waals surface area contributed by atoms with Crippen LogP contribution in [-0.4, -0.2) is 67.5 Å². The highest BCUT2D eigenvalue weighted by atomic mass is 16.5. The number of nitrogens with zero attached hydrogens (tertiary/aromatic N) is 1. The Kier molecular flexibility index (Phi) is 8.77. The molecule has 146 valence electrons. The van der Waals surface area contributed by atoms with Crippen LogP contribution in [0.5, 0.6) is 11.5 Å². The van der Waals surface area contributed by atoms with Crippen LogP contribution in [0.1, 0.15) is 22.3 Å². The van der Waals surface area contributed by atoms with E-state index in [2.05, 4.69) is 0 Å². The highest BCUT2D eigenvalue weighted by Gasteiger charge is 2.16. The van der Waals surface area contributed by atoms with Gasteiger partial charge in [0.05, 0.1) is 32.5 Å². The third-order valence-corrected chi connectivity index (χ3v) is 4.18. The number of carbonyl (C=O) groups is 1. The molecule has 0 unspecified atom stereocenters. The molecule has 2 aromatic rings. The molecule has 0 atom stereocenters. The fourth-order valence-electron chi connectivity index (χ4n) is 2.77. The van der Waals surface area contributed by atoms with Crippen LogP contribution in [0.4, 0.5) is 0 Å². The zero-order valence-electron chi connectivity index (χ0n) is 15.6. The molecule has 0 saturated carbocycles. The highest BCUT2D eigenvalue weighted by Crippen LogP contribution is 2.27. The van der Waals surface area contributed by atoms with Crippen LogP contribution in [0.15, 0.2) is 48.5 Å². The second-order valence-electron chi connectivity index (χ2n) is 6.05. The molecule has 0 aromatic heterocycles. The number of benzene rings is 2. The summed E-state index contributed by atoms with van der Waals surface area (Å²) in [5.74, 6) is 1.01. The molecule has 2 rings (SSSR count). The predicted molar refractivity (Wildman–Crippen MR) is 104 cm³/mol. The van der Waals surface area contributed by atoms with Crippen LogP contribution >= 0.6 is 0 Å². The minimum Gasteiger partial charge on any atom is -0.497 e. The van der Waals surface area contributed by atoms with Gasteiger partial charge in [0, 0.05) is 31.3 Å². The standard InChI is InChI=1S/C21H27NO5/c1-26-18-8-9-19(21(25)17-6-3-2-4-7-17)20(16-18)27-15-5-10-22(11-13-23)12-14-24/h2-4,6-9,16,23-24H,5,10-15H2,1H3. The van der Waals surface area contributed by atoms with Gasteiger partial charge in [0.15, 0.2) is 5.78 Å². The average Bonchev–Trinajstić information content (AvgIpc) is 2.71. The lowest BCUT2D eigenvalue weighted by Crippen LogP contribution is -2.31. The third-order valence-electron chi connectivity index (χ3n) is 4.18. The Balaban J connectivity index is 2.05. The normalized spacial score (nSPS) is 10.8. The Morgan fingerprint density at radius 1 is 1.00 bits per heavy atom. The molecule has 0 radical (unpaired) electrons. The van der Waals surface area contributed by atoms with Gasteiger partial charge >= 0.3 is 0 Å². The second kappa shape index (κ2) is 11.3. The SMILES string of the molecule is COc1ccc(C(=O)c2ccccc2)c(OCCCN(CCO)CCO)c1. The largest absolute Gasteiger partial charge is 0.497 e. The van der Waals surface area contributed by atoms with Crippen molar-refractivity contribution in [3.63, 3.8) is 0 Å². The molecule has 0 amide bonds. The molecule has 2 N–H and O–H groups in total. The van der Waals surface area contributed by atoms with Gasteiger partial charge in [-0.15, -0.1) is 0 Å². The summed E-state index contributed by atoms with van der Waals surface area (Å²) in [6.07, 6.45) is 0.705. The van der Waals surface area contributed by atoms with Crippen molar-refractivity contribution in [1.29, 1.82) is 0 Å². The fraction of sp³-hybridized carbons (Fsp3) is 0.381. The van der Waals surface area contributed by atoms with Crippen molar-refractivity contribution in [2.24, 2.45) is 0 Å². The molecular weight excluding hydrogens is 346 g/mol. The first-order valence-corrected chi connectivity index (χ1v) is 9.04. The number of carbonyl (C=O) groups excluding carboxylic acids is 1. The quantitative estimate of drug-likeness (QED) is 0.438. The maximum Gasteiger partial charge on any atom is 0.196 e. The summed E-state index contributed by atoms with van der Waals surface area (Å²) in [6, 6.07) is 14.3. The molecule has 0 saturated heterocycles. The first-order valence-electron chi connectivity index (χ1n) is 9.04. The highest BCUT2D eigenvalue weighted by molar-refractivity contribution is 6.10. The smallest absolute Gasteiger partial charge is 0.196 e. The van der Waals surface area contributed by atoms with Crippen LogP contribution in [0.25, 0.3) is 0 Å². The number of hydrogen-bond donors (Lipinski definition) is 2. The van der Waals surface area contributed by atoms with E-state index in [1.54, 1.807) is 37.4 Å². The third kappa shape index (κ3) is 6.36. The summed E-state index contributed by atoms with van der Waals surface area (Å²) in [4.78, 5) is 14.8. The van der Waals surface area contributed by atoms with Crippen molar-refractivity contribution in [2.75, 3.05) is 46.6 Å². The van der Waals surface area contributed by atoms with Gasteiger partial charge in [-0.2, -0.15) is 0 Å². The van der Waals surface area contributed by atoms with Crippen LogP contribution in [0.2, 0.25) is 0 Å². The molecule has 2 aromatic carbocycles. The van der Waals surface area contributed by atoms with Gasteiger partial charge < -0.3 is 19.7 Å². The van der Waals surface area contributed by atoms with E-state index in [0.717, 1.165) is 0 Å². The van der Waals surface area contributed by atoms with E-state index < -0.39 is 0 Å². The maximum absolute atomic E-state index is 12.8. The van der Waals surface area contributed by atoms with Crippen molar-refractivity contribution in [3.8, 4) is 11.5 Å². The lowest BCUT2D eigenvalue weighted by molar-refractivity contribution is 0.103. The summed E-state index contributed by atoms with van der Waals surface area (Å²) in [5, 5.41) is 18.1. The van der Waals surface area contributed by atoms with Crippen molar-refractivity contribution in [2.45, 2.75) is 6.42 Å². The number of ketones is 1. The summed E-state index contributed by atoms with van der Waals surface area (Å²) in [7, 11) is 1.57. The Morgan fingerprint density at radius 3 is 2.33 bits per heavy atom. The number of hydrogen-bond acceptors (Lipinski definition) is 6. The fourth-order valence-corrected chi connectivity index (χ4v) is 2.77. The number of methoxy groups -OCH3 is 1. The minimum atomic E-state index is -0.101. The Bertz CT molecular complexity index is 699. The number of aliphatic hydroxyl groups is 2. The average molecular weight is 373 g/mol. The molecule has 0 spiro atoms. The maximum atomic E-state index is 12.8. The van der Waals surface area contributed by atoms with Gasteiger partial charge in [0.1, 0.15) is 11.5 Å². The van der Waals surface area contributed by atoms with Crippen molar-refractivity contribution < 1.29 is 24.5 Å². The van der Waals surface area contributed by atoms with Gasteiger partial charge in [-0.25, -0.2) is 0 Å². The van der Waals surface area contributed by atoms with Gasteiger partial charge in [0.2, 0.25) is 0 Å². The van der Waals surface area contributed by atoms with Crippen LogP contribution in [-0.2, 0) is 0 Å². The molecule has 27 heavy (non-hydrogen) atoms. The van der Waals surface area contributed by atoms with Crippen LogP contribution < -0.4 is 9.47 Å². The van der Waals surface area contributed by atoms with Crippen LogP contribution in [0.3, 0.4) is 0 Å². The second-order valence-corrected chi connectivity index (χ2v) is 6.05. The Morgan fingerprint density at radius 2 is 1.70 bits per heavy atom. The first kappa shape index (κ1) is 20.9. The molecule has 0 heterocycles. The van der Waals surface area contributed by atoms with Gasteiger partial charge in [-0.05, 0) is 18.6 Å². The molecule has 0 fully saturated rings. The monoisotopic (exact) mass is 373 g/mol. The van der Waals surface area contributed by atoms with Gasteiger partial charge in [-0.3, -0.25) is 9.69 Å². The van der Waals surface area contributed by atoms with Crippen molar-refractivity contribution >= 4 is 5.78 Å². The lowest BCUT2D eigenvalue weighted by Gasteiger charge is -2.20. The summed E-state index contributed by atoms with van der Waals surface area (Å²) in [6.45, 7) is 2.22. The number of ether oxygens (including phenoxy) is 2. The Hall–Kier alpha value is -2.41. The topological polar surface area (TPSA) is 79.2 Å². The minimum absolute atomic E-state index is 0.0481. The molecule has 6 heteroatoms. The Labute approximate surface area is 160 Å². The number of aliphatic hydroxyl groups excluding tert-OH is 2. The van der Waals surface area contributed by atoms with E-state index in [0.29, 0.717) is 55.3 Å². The van der Waals surface area contributed by atoms with Crippen LogP contribution in [0, 0.1) is 0 Å². The summed E-state index contributed by atoms with van der Waals surface area (Å²) in [5.41, 5.74) is 1.09. The molecule has 0 aliphatic heterocycles. The predicted octanol–water partition coefficient (Wildman–Crippen LogP) is 1.98. The molecule has 0 bridgehead atoms. The zero-order chi connectivity index (χ0) is 19.5.